The van der Waals surface area contributed by atoms with Crippen LogP contribution in [0.2, 0.25) is 0 Å². The van der Waals surface area contributed by atoms with Crippen molar-refractivity contribution in [2.45, 2.75) is 51.5 Å². The molecule has 1 fully saturated rings. The van der Waals surface area contributed by atoms with Crippen molar-refractivity contribution in [1.29, 1.82) is 0 Å². The van der Waals surface area contributed by atoms with Crippen molar-refractivity contribution in [2.24, 2.45) is 0 Å². The summed E-state index contributed by atoms with van der Waals surface area (Å²) in [5.74, 6) is 0.288. The summed E-state index contributed by atoms with van der Waals surface area (Å²) in [6, 6.07) is 10.5. The Balaban J connectivity index is 1.96. The molecule has 2 rings (SSSR count). The summed E-state index contributed by atoms with van der Waals surface area (Å²) in [6.07, 6.45) is 6.81. The molecule has 1 aliphatic rings. The zero-order valence-electron chi connectivity index (χ0n) is 11.3. The average molecular weight is 245 g/mol. The van der Waals surface area contributed by atoms with Crippen molar-refractivity contribution in [3.63, 3.8) is 0 Å². The lowest BCUT2D eigenvalue weighted by atomic mass is 9.94. The van der Waals surface area contributed by atoms with Gasteiger partial charge in [0.25, 0.3) is 0 Å². The van der Waals surface area contributed by atoms with E-state index < -0.39 is 0 Å². The molecule has 2 heteroatoms. The van der Waals surface area contributed by atoms with Gasteiger partial charge < -0.3 is 4.90 Å². The third kappa shape index (κ3) is 3.34. The number of carbonyl (C=O) groups is 1. The molecular weight excluding hydrogens is 222 g/mol. The topological polar surface area (TPSA) is 20.3 Å². The first-order valence-corrected chi connectivity index (χ1v) is 7.14. The first-order valence-electron chi connectivity index (χ1n) is 7.14. The fourth-order valence-corrected chi connectivity index (χ4v) is 2.90. The van der Waals surface area contributed by atoms with Crippen LogP contribution in [-0.4, -0.2) is 23.4 Å². The maximum absolute atomic E-state index is 12.4. The van der Waals surface area contributed by atoms with Crippen LogP contribution < -0.4 is 0 Å². The highest BCUT2D eigenvalue weighted by molar-refractivity contribution is 5.79. The van der Waals surface area contributed by atoms with E-state index in [0.717, 1.165) is 12.1 Å². The molecule has 0 atom stereocenters. The quantitative estimate of drug-likeness (QED) is 0.796. The first kappa shape index (κ1) is 13.1. The number of hydrogen-bond acceptors (Lipinski definition) is 1. The van der Waals surface area contributed by atoms with Crippen LogP contribution in [0.15, 0.2) is 30.3 Å². The molecule has 0 radical (unpaired) electrons. The summed E-state index contributed by atoms with van der Waals surface area (Å²) in [5.41, 5.74) is 1.12. The van der Waals surface area contributed by atoms with Crippen LogP contribution in [0.5, 0.6) is 0 Å². The smallest absolute Gasteiger partial charge is 0.227 e. The van der Waals surface area contributed by atoms with Crippen molar-refractivity contribution in [3.05, 3.63) is 35.9 Å². The predicted molar refractivity (Wildman–Crippen MR) is 74.4 cm³/mol. The third-order valence-corrected chi connectivity index (χ3v) is 3.87. The van der Waals surface area contributed by atoms with Gasteiger partial charge in [0, 0.05) is 12.6 Å². The monoisotopic (exact) mass is 245 g/mol. The van der Waals surface area contributed by atoms with Gasteiger partial charge in [-0.3, -0.25) is 4.79 Å². The predicted octanol–water partition coefficient (Wildman–Crippen LogP) is 3.41. The van der Waals surface area contributed by atoms with E-state index in [2.05, 4.69) is 11.8 Å². The average Bonchev–Trinajstić information content (AvgIpc) is 2.42. The van der Waals surface area contributed by atoms with Crippen molar-refractivity contribution in [3.8, 4) is 0 Å². The van der Waals surface area contributed by atoms with E-state index in [1.165, 1.54) is 32.1 Å². The molecule has 0 spiro atoms. The second-order valence-corrected chi connectivity index (χ2v) is 5.13. The molecule has 98 valence electrons. The molecule has 18 heavy (non-hydrogen) atoms. The Morgan fingerprint density at radius 2 is 1.83 bits per heavy atom. The van der Waals surface area contributed by atoms with Gasteiger partial charge in [-0.2, -0.15) is 0 Å². The van der Waals surface area contributed by atoms with Crippen LogP contribution in [0.3, 0.4) is 0 Å². The molecule has 0 bridgehead atoms. The fraction of sp³-hybridized carbons (Fsp3) is 0.562. The molecule has 2 nitrogen and oxygen atoms in total. The number of hydrogen-bond donors (Lipinski definition) is 0. The van der Waals surface area contributed by atoms with E-state index in [1.54, 1.807) is 0 Å². The molecule has 1 saturated carbocycles. The van der Waals surface area contributed by atoms with Gasteiger partial charge in [0.2, 0.25) is 5.91 Å². The number of carbonyl (C=O) groups excluding carboxylic acids is 1. The zero-order chi connectivity index (χ0) is 12.8. The summed E-state index contributed by atoms with van der Waals surface area (Å²) in [4.78, 5) is 14.5. The lowest BCUT2D eigenvalue weighted by Gasteiger charge is -2.33. The number of nitrogens with zero attached hydrogens (tertiary/aromatic N) is 1. The van der Waals surface area contributed by atoms with E-state index in [9.17, 15) is 4.79 Å². The molecule has 0 saturated heterocycles. The van der Waals surface area contributed by atoms with Crippen molar-refractivity contribution in [1.82, 2.24) is 4.90 Å². The molecule has 0 N–H and O–H groups in total. The van der Waals surface area contributed by atoms with E-state index >= 15 is 0 Å². The summed E-state index contributed by atoms with van der Waals surface area (Å²) in [7, 11) is 0. The molecule has 1 aromatic rings. The zero-order valence-corrected chi connectivity index (χ0v) is 11.3. The molecular formula is C16H23NO. The maximum atomic E-state index is 12.4. The SMILES string of the molecule is CCN(C(=O)Cc1ccccc1)C1CCCCC1. The Hall–Kier alpha value is -1.31. The van der Waals surface area contributed by atoms with Crippen molar-refractivity contribution >= 4 is 5.91 Å². The van der Waals surface area contributed by atoms with Crippen LogP contribution in [0, 0.1) is 0 Å². The van der Waals surface area contributed by atoms with Gasteiger partial charge >= 0.3 is 0 Å². The molecule has 0 heterocycles. The van der Waals surface area contributed by atoms with E-state index in [0.29, 0.717) is 12.5 Å². The minimum atomic E-state index is 0.288. The lowest BCUT2D eigenvalue weighted by Crippen LogP contribution is -2.42. The Morgan fingerprint density at radius 3 is 2.44 bits per heavy atom. The van der Waals surface area contributed by atoms with Gasteiger partial charge in [-0.05, 0) is 25.3 Å². The van der Waals surface area contributed by atoms with Crippen LogP contribution in [-0.2, 0) is 11.2 Å². The Labute approximate surface area is 110 Å². The molecule has 1 amide bonds. The highest BCUT2D eigenvalue weighted by Gasteiger charge is 2.23. The Bertz CT molecular complexity index is 368. The number of rotatable bonds is 4. The van der Waals surface area contributed by atoms with Crippen molar-refractivity contribution in [2.75, 3.05) is 6.54 Å². The number of likely N-dealkylation sites (N-methyl/N-ethyl adjacent to an activating group) is 1. The molecule has 0 unspecified atom stereocenters. The highest BCUT2D eigenvalue weighted by atomic mass is 16.2. The number of benzene rings is 1. The highest BCUT2D eigenvalue weighted by Crippen LogP contribution is 2.23. The third-order valence-electron chi connectivity index (χ3n) is 3.87. The Morgan fingerprint density at radius 1 is 1.17 bits per heavy atom. The summed E-state index contributed by atoms with van der Waals surface area (Å²) < 4.78 is 0. The lowest BCUT2D eigenvalue weighted by molar-refractivity contribution is -0.133. The Kier molecular flexibility index (Phi) is 4.80. The number of amides is 1. The summed E-state index contributed by atoms with van der Waals surface area (Å²) in [5, 5.41) is 0. The van der Waals surface area contributed by atoms with E-state index in [1.807, 2.05) is 30.3 Å². The van der Waals surface area contributed by atoms with Crippen LogP contribution in [0.1, 0.15) is 44.6 Å². The first-order chi connectivity index (χ1) is 8.81. The van der Waals surface area contributed by atoms with Crippen LogP contribution in [0.4, 0.5) is 0 Å². The van der Waals surface area contributed by atoms with Gasteiger partial charge in [-0.15, -0.1) is 0 Å². The molecule has 1 aromatic carbocycles. The largest absolute Gasteiger partial charge is 0.340 e. The van der Waals surface area contributed by atoms with Gasteiger partial charge in [0.1, 0.15) is 0 Å². The van der Waals surface area contributed by atoms with E-state index in [-0.39, 0.29) is 5.91 Å². The second kappa shape index (κ2) is 6.58. The minimum Gasteiger partial charge on any atom is -0.340 e. The van der Waals surface area contributed by atoms with Crippen LogP contribution in [0.25, 0.3) is 0 Å². The summed E-state index contributed by atoms with van der Waals surface area (Å²) >= 11 is 0. The fourth-order valence-electron chi connectivity index (χ4n) is 2.90. The minimum absolute atomic E-state index is 0.288. The second-order valence-electron chi connectivity index (χ2n) is 5.13. The molecule has 0 aromatic heterocycles. The van der Waals surface area contributed by atoms with Crippen LogP contribution >= 0.6 is 0 Å². The van der Waals surface area contributed by atoms with Gasteiger partial charge in [0.05, 0.1) is 6.42 Å². The standard InChI is InChI=1S/C16H23NO/c1-2-17(15-11-7-4-8-12-15)16(18)13-14-9-5-3-6-10-14/h3,5-6,9-10,15H,2,4,7-8,11-13H2,1H3. The molecule has 0 aliphatic heterocycles. The normalized spacial score (nSPS) is 16.5. The van der Waals surface area contributed by atoms with Crippen molar-refractivity contribution < 1.29 is 4.79 Å². The molecule has 1 aliphatic carbocycles. The summed E-state index contributed by atoms with van der Waals surface area (Å²) in [6.45, 7) is 2.94. The van der Waals surface area contributed by atoms with Gasteiger partial charge in [-0.25, -0.2) is 0 Å². The van der Waals surface area contributed by atoms with Gasteiger partial charge in [0.15, 0.2) is 0 Å². The van der Waals surface area contributed by atoms with Gasteiger partial charge in [-0.1, -0.05) is 49.6 Å². The maximum Gasteiger partial charge on any atom is 0.227 e. The van der Waals surface area contributed by atoms with E-state index in [4.69, 9.17) is 0 Å².